The van der Waals surface area contributed by atoms with Crippen molar-refractivity contribution >= 4 is 10.1 Å². The largest absolute Gasteiger partial charge is 1.00 e. The van der Waals surface area contributed by atoms with Gasteiger partial charge < -0.3 is 9.29 Å². The van der Waals surface area contributed by atoms with E-state index in [-0.39, 0.29) is 36.0 Å². The van der Waals surface area contributed by atoms with E-state index in [2.05, 4.69) is 13.8 Å². The number of hydrogen-bond donors (Lipinski definition) is 0. The van der Waals surface area contributed by atoms with Gasteiger partial charge in [0.2, 0.25) is 0 Å². The molecule has 1 aromatic carbocycles. The topological polar surface area (TPSA) is 66.4 Å². The molecule has 0 amide bonds. The molecule has 0 bridgehead atoms. The SMILES string of the molecule is CCCCCCCCc1cccc(CCCCCCCC)c1OC(C)(CC)S(=O)(=O)[O-].[Na+]. The van der Waals surface area contributed by atoms with Crippen LogP contribution in [0.5, 0.6) is 5.75 Å². The normalized spacial score (nSPS) is 13.4. The van der Waals surface area contributed by atoms with Gasteiger partial charge in [-0.2, -0.15) is 0 Å². The van der Waals surface area contributed by atoms with Crippen molar-refractivity contribution in [2.24, 2.45) is 0 Å². The van der Waals surface area contributed by atoms with E-state index in [9.17, 15) is 13.0 Å². The Morgan fingerprint density at radius 3 is 1.56 bits per heavy atom. The number of unbranched alkanes of at least 4 members (excludes halogenated alkanes) is 10. The molecule has 0 heterocycles. The van der Waals surface area contributed by atoms with Gasteiger partial charge in [0.25, 0.3) is 0 Å². The molecule has 0 spiro atoms. The Balaban J connectivity index is 0.00000961. The number of hydrogen-bond acceptors (Lipinski definition) is 4. The van der Waals surface area contributed by atoms with E-state index < -0.39 is 15.1 Å². The molecule has 4 nitrogen and oxygen atoms in total. The average molecular weight is 477 g/mol. The molecule has 1 atom stereocenters. The van der Waals surface area contributed by atoms with Crippen molar-refractivity contribution in [3.63, 3.8) is 0 Å². The van der Waals surface area contributed by atoms with Gasteiger partial charge in [-0.3, -0.25) is 0 Å². The van der Waals surface area contributed by atoms with Crippen molar-refractivity contribution in [1.29, 1.82) is 0 Å². The first kappa shape index (κ1) is 31.9. The van der Waals surface area contributed by atoms with Crippen LogP contribution in [0.15, 0.2) is 18.2 Å². The van der Waals surface area contributed by atoms with Gasteiger partial charge in [-0.1, -0.05) is 103 Å². The monoisotopic (exact) mass is 476 g/mol. The Kier molecular flexibility index (Phi) is 17.3. The van der Waals surface area contributed by atoms with Crippen molar-refractivity contribution in [3.8, 4) is 5.75 Å². The van der Waals surface area contributed by atoms with Crippen molar-refractivity contribution in [2.45, 2.75) is 129 Å². The van der Waals surface area contributed by atoms with Crippen LogP contribution in [0.3, 0.4) is 0 Å². The van der Waals surface area contributed by atoms with Crippen molar-refractivity contribution in [1.82, 2.24) is 0 Å². The maximum atomic E-state index is 12.0. The fraction of sp³-hybridized carbons (Fsp3) is 0.769. The van der Waals surface area contributed by atoms with Gasteiger partial charge in [-0.15, -0.1) is 0 Å². The number of ether oxygens (including phenoxy) is 1. The van der Waals surface area contributed by atoms with Crippen LogP contribution in [0.4, 0.5) is 0 Å². The first-order valence-corrected chi connectivity index (χ1v) is 13.9. The van der Waals surface area contributed by atoms with Crippen LogP contribution >= 0.6 is 0 Å². The van der Waals surface area contributed by atoms with E-state index in [0.29, 0.717) is 5.75 Å². The first-order chi connectivity index (χ1) is 14.8. The second-order valence-corrected chi connectivity index (χ2v) is 10.8. The minimum atomic E-state index is -4.59. The summed E-state index contributed by atoms with van der Waals surface area (Å²) in [4.78, 5) is -1.74. The molecule has 180 valence electrons. The van der Waals surface area contributed by atoms with Crippen molar-refractivity contribution in [3.05, 3.63) is 29.3 Å². The summed E-state index contributed by atoms with van der Waals surface area (Å²) in [5, 5.41) is 0. The van der Waals surface area contributed by atoms with Gasteiger partial charge in [0.05, 0.1) is 0 Å². The molecule has 0 saturated carbocycles. The Morgan fingerprint density at radius 2 is 1.19 bits per heavy atom. The zero-order valence-corrected chi connectivity index (χ0v) is 24.2. The summed E-state index contributed by atoms with van der Waals surface area (Å²) in [6, 6.07) is 6.10. The molecule has 0 aliphatic carbocycles. The molecule has 0 fully saturated rings. The molecule has 0 aliphatic rings. The van der Waals surface area contributed by atoms with E-state index in [1.165, 1.54) is 58.3 Å². The fourth-order valence-electron chi connectivity index (χ4n) is 3.87. The van der Waals surface area contributed by atoms with Gasteiger partial charge in [0, 0.05) is 0 Å². The second-order valence-electron chi connectivity index (χ2n) is 8.98. The zero-order chi connectivity index (χ0) is 23.2. The Labute approximate surface area is 220 Å². The summed E-state index contributed by atoms with van der Waals surface area (Å²) in [6.45, 7) is 7.53. The molecule has 0 aromatic heterocycles. The zero-order valence-electron chi connectivity index (χ0n) is 21.4. The fourth-order valence-corrected chi connectivity index (χ4v) is 4.41. The maximum absolute atomic E-state index is 12.0. The molecule has 6 heteroatoms. The van der Waals surface area contributed by atoms with E-state index in [1.807, 2.05) is 18.2 Å². The third-order valence-corrected chi connectivity index (χ3v) is 7.70. The molecule has 0 radical (unpaired) electrons. The number of benzene rings is 1. The minimum absolute atomic E-state index is 0. The quantitative estimate of drug-likeness (QED) is 0.177. The van der Waals surface area contributed by atoms with E-state index in [0.717, 1.165) is 49.7 Å². The number of rotatable bonds is 18. The molecule has 0 saturated heterocycles. The Morgan fingerprint density at radius 1 is 0.781 bits per heavy atom. The molecule has 1 aromatic rings. The van der Waals surface area contributed by atoms with Crippen LogP contribution < -0.4 is 34.3 Å². The van der Waals surface area contributed by atoms with Crippen LogP contribution in [0.2, 0.25) is 0 Å². The van der Waals surface area contributed by atoms with E-state index >= 15 is 0 Å². The molecule has 0 N–H and O–H groups in total. The summed E-state index contributed by atoms with van der Waals surface area (Å²) in [5.74, 6) is 0.633. The number of para-hydroxylation sites is 1. The summed E-state index contributed by atoms with van der Waals surface area (Å²) < 4.78 is 41.9. The average Bonchev–Trinajstić information content (AvgIpc) is 2.73. The predicted molar refractivity (Wildman–Crippen MR) is 130 cm³/mol. The smallest absolute Gasteiger partial charge is 0.745 e. The van der Waals surface area contributed by atoms with Crippen LogP contribution in [-0.2, 0) is 23.0 Å². The Bertz CT molecular complexity index is 686. The molecule has 1 unspecified atom stereocenters. The van der Waals surface area contributed by atoms with Gasteiger partial charge in [-0.25, -0.2) is 8.42 Å². The maximum Gasteiger partial charge on any atom is 1.00 e. The second kappa shape index (κ2) is 17.4. The molecule has 1 rings (SSSR count). The summed E-state index contributed by atoms with van der Waals surface area (Å²) in [5.41, 5.74) is 2.06. The molecule has 32 heavy (non-hydrogen) atoms. The van der Waals surface area contributed by atoms with Gasteiger partial charge in [0.15, 0.2) is 4.93 Å². The van der Waals surface area contributed by atoms with Crippen molar-refractivity contribution in [2.75, 3.05) is 0 Å². The predicted octanol–water partition coefficient (Wildman–Crippen LogP) is 4.55. The van der Waals surface area contributed by atoms with Gasteiger partial charge in [0.1, 0.15) is 15.9 Å². The van der Waals surface area contributed by atoms with E-state index in [1.54, 1.807) is 6.92 Å². The van der Waals surface area contributed by atoms with Gasteiger partial charge >= 0.3 is 29.6 Å². The van der Waals surface area contributed by atoms with Crippen LogP contribution in [0, 0.1) is 0 Å². The third kappa shape index (κ3) is 11.4. The number of aryl methyl sites for hydroxylation is 2. The summed E-state index contributed by atoms with van der Waals surface area (Å²) in [7, 11) is -4.59. The van der Waals surface area contributed by atoms with Crippen molar-refractivity contribution < 1.29 is 47.3 Å². The van der Waals surface area contributed by atoms with Gasteiger partial charge in [-0.05, 0) is 50.2 Å². The first-order valence-electron chi connectivity index (χ1n) is 12.5. The van der Waals surface area contributed by atoms with E-state index in [4.69, 9.17) is 4.74 Å². The van der Waals surface area contributed by atoms with Crippen LogP contribution in [0.1, 0.15) is 122 Å². The third-order valence-electron chi connectivity index (χ3n) is 6.27. The summed E-state index contributed by atoms with van der Waals surface area (Å²) in [6.07, 6.45) is 16.2. The standard InChI is InChI=1S/C26H46O4S.Na/c1-5-8-10-12-14-16-19-23-21-18-22-24(20-17-15-13-11-9-6-2)25(23)30-26(4,7-3)31(27,28)29;/h18,21-22H,5-17,19-20H2,1-4H3,(H,27,28,29);/q;+1/p-1. The summed E-state index contributed by atoms with van der Waals surface area (Å²) >= 11 is 0. The Hall–Kier alpha value is -0.0700. The van der Waals surface area contributed by atoms with Crippen LogP contribution in [-0.4, -0.2) is 17.9 Å². The molecular weight excluding hydrogens is 431 g/mol. The van der Waals surface area contributed by atoms with Crippen LogP contribution in [0.25, 0.3) is 0 Å². The molecular formula is C26H45NaO4S. The molecule has 0 aliphatic heterocycles. The minimum Gasteiger partial charge on any atom is -0.745 e.